The molecule has 1 aliphatic rings. The van der Waals surface area contributed by atoms with Crippen molar-refractivity contribution in [2.75, 3.05) is 5.73 Å². The van der Waals surface area contributed by atoms with Crippen LogP contribution in [0.15, 0.2) is 41.8 Å². The topological polar surface area (TPSA) is 148 Å². The summed E-state index contributed by atoms with van der Waals surface area (Å²) in [4.78, 5) is 12.8. The summed E-state index contributed by atoms with van der Waals surface area (Å²) in [6.07, 6.45) is 7.39. The zero-order valence-corrected chi connectivity index (χ0v) is 17.6. The van der Waals surface area contributed by atoms with Gasteiger partial charge in [-0.05, 0) is 37.8 Å². The average Bonchev–Trinajstić information content (AvgIpc) is 3.39. The summed E-state index contributed by atoms with van der Waals surface area (Å²) in [5, 5.41) is 5.47. The van der Waals surface area contributed by atoms with Crippen LogP contribution in [0.25, 0.3) is 27.8 Å². The van der Waals surface area contributed by atoms with Gasteiger partial charge in [0.2, 0.25) is 0 Å². The number of fused-ring (bicyclic) bond motifs is 2. The highest BCUT2D eigenvalue weighted by atomic mass is 35.5. The molecule has 3 heterocycles. The first-order valence-corrected chi connectivity index (χ1v) is 10.6. The molecule has 0 spiro atoms. The van der Waals surface area contributed by atoms with Crippen LogP contribution in [0.5, 0.6) is 0 Å². The Bertz CT molecular complexity index is 1280. The lowest BCUT2D eigenvalue weighted by Gasteiger charge is -2.28. The van der Waals surface area contributed by atoms with Crippen molar-refractivity contribution in [3.05, 3.63) is 47.5 Å². The molecule has 1 fully saturated rings. The first-order valence-electron chi connectivity index (χ1n) is 10.2. The van der Waals surface area contributed by atoms with Crippen LogP contribution in [-0.4, -0.2) is 25.2 Å². The van der Waals surface area contributed by atoms with Crippen molar-refractivity contribution in [2.45, 2.75) is 31.6 Å². The van der Waals surface area contributed by atoms with Crippen LogP contribution in [0.1, 0.15) is 37.4 Å². The molecule has 160 valence electrons. The number of nitrogens with two attached hydrogens (primary N) is 3. The van der Waals surface area contributed by atoms with Gasteiger partial charge < -0.3 is 22.0 Å². The van der Waals surface area contributed by atoms with Crippen molar-refractivity contribution in [2.24, 2.45) is 22.7 Å². The number of nitrogen functional groups attached to an aromatic ring is 1. The van der Waals surface area contributed by atoms with Crippen molar-refractivity contribution in [1.82, 2.24) is 24.8 Å². The number of nitrogens with zero attached hydrogens (tertiary/aromatic N) is 4. The number of halogens is 1. The monoisotopic (exact) mass is 437 g/mol. The lowest BCUT2D eigenvalue weighted by molar-refractivity contribution is 0.375. The van der Waals surface area contributed by atoms with Gasteiger partial charge in [0.15, 0.2) is 0 Å². The Hall–Kier alpha value is -3.30. The van der Waals surface area contributed by atoms with Gasteiger partial charge in [-0.3, -0.25) is 4.40 Å². The first-order chi connectivity index (χ1) is 15.1. The van der Waals surface area contributed by atoms with E-state index < -0.39 is 0 Å². The van der Waals surface area contributed by atoms with Crippen LogP contribution in [0.4, 0.5) is 5.82 Å². The van der Waals surface area contributed by atoms with E-state index in [1.165, 1.54) is 0 Å². The fourth-order valence-electron chi connectivity index (χ4n) is 4.70. The van der Waals surface area contributed by atoms with Crippen LogP contribution in [0, 0.1) is 5.92 Å². The molecule has 0 atom stereocenters. The maximum Gasteiger partial charge on any atom is 0.150 e. The minimum atomic E-state index is 0.236. The van der Waals surface area contributed by atoms with Crippen LogP contribution < -0.4 is 22.8 Å². The SMILES string of the molecule is N/N=C(\NN)[C@H]1CC[C@H](c2nc(-c3cc4cccc(Cl)c4[nH]3)c3c(N)nccn32)CC1. The predicted octanol–water partition coefficient (Wildman–Crippen LogP) is 3.12. The second-order valence-corrected chi connectivity index (χ2v) is 8.35. The molecule has 3 aromatic heterocycles. The lowest BCUT2D eigenvalue weighted by Crippen LogP contribution is -2.38. The van der Waals surface area contributed by atoms with E-state index in [0.717, 1.165) is 59.3 Å². The second kappa shape index (κ2) is 7.75. The standard InChI is InChI=1S/C21H24ClN9/c22-14-3-1-2-13-10-15(27-16(13)14)17-18-19(23)26-8-9-31(18)21(28-17)12-6-4-11(5-7-12)20(29-24)30-25/h1-3,8-12,27H,4-7,24-25H2,(H2,23,26)(H,29,30)/t11-,12-. The van der Waals surface area contributed by atoms with Crippen LogP contribution in [-0.2, 0) is 0 Å². The number of hydrogen-bond acceptors (Lipinski definition) is 6. The zero-order valence-electron chi connectivity index (χ0n) is 16.8. The Morgan fingerprint density at radius 3 is 2.77 bits per heavy atom. The Morgan fingerprint density at radius 2 is 2.06 bits per heavy atom. The number of para-hydroxylation sites is 1. The minimum absolute atomic E-state index is 0.236. The van der Waals surface area contributed by atoms with Crippen molar-refractivity contribution < 1.29 is 0 Å². The van der Waals surface area contributed by atoms with E-state index in [2.05, 4.69) is 24.9 Å². The van der Waals surface area contributed by atoms with E-state index in [0.29, 0.717) is 16.7 Å². The highest BCUT2D eigenvalue weighted by molar-refractivity contribution is 6.35. The van der Waals surface area contributed by atoms with Gasteiger partial charge in [0.25, 0.3) is 0 Å². The maximum atomic E-state index is 6.37. The molecule has 0 aliphatic heterocycles. The number of hydrazine groups is 1. The Balaban J connectivity index is 1.57. The number of hydrogen-bond donors (Lipinski definition) is 5. The molecule has 1 saturated carbocycles. The molecule has 0 bridgehead atoms. The van der Waals surface area contributed by atoms with Gasteiger partial charge in [0.05, 0.1) is 16.2 Å². The molecule has 1 aromatic carbocycles. The number of imidazole rings is 1. The third-order valence-corrected chi connectivity index (χ3v) is 6.55. The molecule has 0 unspecified atom stereocenters. The number of amidine groups is 1. The molecule has 0 radical (unpaired) electrons. The number of nitrogens with one attached hydrogen (secondary N) is 2. The highest BCUT2D eigenvalue weighted by Crippen LogP contribution is 2.39. The third-order valence-electron chi connectivity index (χ3n) is 6.24. The minimum Gasteiger partial charge on any atom is -0.382 e. The molecule has 9 nitrogen and oxygen atoms in total. The summed E-state index contributed by atoms with van der Waals surface area (Å²) in [6.45, 7) is 0. The smallest absolute Gasteiger partial charge is 0.150 e. The number of hydrazone groups is 1. The molecule has 31 heavy (non-hydrogen) atoms. The summed E-state index contributed by atoms with van der Waals surface area (Å²) in [5.74, 6) is 13.6. The summed E-state index contributed by atoms with van der Waals surface area (Å²) in [7, 11) is 0. The van der Waals surface area contributed by atoms with E-state index >= 15 is 0 Å². The molecule has 10 heteroatoms. The Kier molecular flexibility index (Phi) is 4.91. The van der Waals surface area contributed by atoms with Crippen LogP contribution in [0.3, 0.4) is 0 Å². The highest BCUT2D eigenvalue weighted by Gasteiger charge is 2.29. The van der Waals surface area contributed by atoms with E-state index in [1.807, 2.05) is 30.5 Å². The summed E-state index contributed by atoms with van der Waals surface area (Å²) < 4.78 is 2.06. The van der Waals surface area contributed by atoms with Crippen LogP contribution >= 0.6 is 11.6 Å². The largest absolute Gasteiger partial charge is 0.382 e. The quantitative estimate of drug-likeness (QED) is 0.144. The normalized spacial score (nSPS) is 19.9. The first kappa shape index (κ1) is 19.7. The van der Waals surface area contributed by atoms with Crippen molar-refractivity contribution in [3.8, 4) is 11.4 Å². The number of anilines is 1. The van der Waals surface area contributed by atoms with Gasteiger partial charge in [-0.25, -0.2) is 15.8 Å². The fourth-order valence-corrected chi connectivity index (χ4v) is 4.92. The number of aromatic amines is 1. The summed E-state index contributed by atoms with van der Waals surface area (Å²) in [5.41, 5.74) is 12.2. The second-order valence-electron chi connectivity index (χ2n) is 7.94. The molecule has 4 aromatic rings. The van der Waals surface area contributed by atoms with Gasteiger partial charge in [0, 0.05) is 29.6 Å². The summed E-state index contributed by atoms with van der Waals surface area (Å²) >= 11 is 6.37. The van der Waals surface area contributed by atoms with Crippen molar-refractivity contribution >= 4 is 39.7 Å². The molecule has 5 rings (SSSR count). The van der Waals surface area contributed by atoms with E-state index in [-0.39, 0.29) is 11.8 Å². The average molecular weight is 438 g/mol. The molecule has 8 N–H and O–H groups in total. The molecule has 0 saturated heterocycles. The van der Waals surface area contributed by atoms with E-state index in [4.69, 9.17) is 34.0 Å². The Morgan fingerprint density at radius 1 is 1.26 bits per heavy atom. The maximum absolute atomic E-state index is 6.37. The predicted molar refractivity (Wildman–Crippen MR) is 123 cm³/mol. The third kappa shape index (κ3) is 3.26. The van der Waals surface area contributed by atoms with Gasteiger partial charge in [-0.1, -0.05) is 23.7 Å². The number of rotatable bonds is 3. The summed E-state index contributed by atoms with van der Waals surface area (Å²) in [6, 6.07) is 7.87. The molecular formula is C21H24ClN9. The zero-order chi connectivity index (χ0) is 21.5. The van der Waals surface area contributed by atoms with E-state index in [1.54, 1.807) is 6.20 Å². The molecule has 0 amide bonds. The number of aromatic nitrogens is 4. The number of H-pyrrole nitrogens is 1. The molecule has 1 aliphatic carbocycles. The van der Waals surface area contributed by atoms with Crippen molar-refractivity contribution in [3.63, 3.8) is 0 Å². The van der Waals surface area contributed by atoms with Gasteiger partial charge in [-0.2, -0.15) is 5.10 Å². The lowest BCUT2D eigenvalue weighted by atomic mass is 9.81. The van der Waals surface area contributed by atoms with Crippen LogP contribution in [0.2, 0.25) is 5.02 Å². The van der Waals surface area contributed by atoms with Gasteiger partial charge >= 0.3 is 0 Å². The number of benzene rings is 1. The molecular weight excluding hydrogens is 414 g/mol. The van der Waals surface area contributed by atoms with E-state index in [9.17, 15) is 0 Å². The Labute approximate surface area is 183 Å². The van der Waals surface area contributed by atoms with Gasteiger partial charge in [-0.15, -0.1) is 0 Å². The van der Waals surface area contributed by atoms with Gasteiger partial charge in [0.1, 0.15) is 28.7 Å². The fraction of sp³-hybridized carbons (Fsp3) is 0.286. The van der Waals surface area contributed by atoms with Crippen molar-refractivity contribution in [1.29, 1.82) is 0 Å².